The summed E-state index contributed by atoms with van der Waals surface area (Å²) in [7, 11) is 1.93. The quantitative estimate of drug-likeness (QED) is 0.642. The lowest BCUT2D eigenvalue weighted by atomic mass is 10.1. The minimum absolute atomic E-state index is 0.115. The van der Waals surface area contributed by atoms with Crippen LogP contribution in [0.1, 0.15) is 19.3 Å². The fourth-order valence-electron chi connectivity index (χ4n) is 2.15. The van der Waals surface area contributed by atoms with E-state index in [0.717, 1.165) is 26.1 Å². The SMILES string of the molecule is CNCCC1C(=O)NCCN1C1CC1. The normalized spacial score (nSPS) is 28.9. The van der Waals surface area contributed by atoms with E-state index in [0.29, 0.717) is 6.04 Å². The molecule has 0 aromatic heterocycles. The zero-order chi connectivity index (χ0) is 9.97. The van der Waals surface area contributed by atoms with Gasteiger partial charge in [0.1, 0.15) is 0 Å². The van der Waals surface area contributed by atoms with Gasteiger partial charge in [0.15, 0.2) is 0 Å². The number of nitrogens with zero attached hydrogens (tertiary/aromatic N) is 1. The molecule has 1 amide bonds. The van der Waals surface area contributed by atoms with Crippen molar-refractivity contribution in [2.45, 2.75) is 31.3 Å². The van der Waals surface area contributed by atoms with Crippen LogP contribution >= 0.6 is 0 Å². The first-order chi connectivity index (χ1) is 6.83. The summed E-state index contributed by atoms with van der Waals surface area (Å²) in [4.78, 5) is 14.0. The third-order valence-corrected chi connectivity index (χ3v) is 3.06. The molecule has 0 bridgehead atoms. The predicted molar refractivity (Wildman–Crippen MR) is 55.1 cm³/mol. The molecule has 0 radical (unpaired) electrons. The van der Waals surface area contributed by atoms with Crippen LogP contribution in [0.25, 0.3) is 0 Å². The van der Waals surface area contributed by atoms with Gasteiger partial charge in [0, 0.05) is 19.1 Å². The van der Waals surface area contributed by atoms with Crippen molar-refractivity contribution in [2.24, 2.45) is 0 Å². The minimum atomic E-state index is 0.115. The first kappa shape index (κ1) is 9.93. The number of hydrogen-bond acceptors (Lipinski definition) is 3. The molecule has 2 N–H and O–H groups in total. The van der Waals surface area contributed by atoms with Crippen molar-refractivity contribution >= 4 is 5.91 Å². The van der Waals surface area contributed by atoms with Crippen molar-refractivity contribution in [1.82, 2.24) is 15.5 Å². The molecular formula is C10H19N3O. The average Bonchev–Trinajstić information content (AvgIpc) is 2.99. The van der Waals surface area contributed by atoms with E-state index in [1.54, 1.807) is 0 Å². The maximum absolute atomic E-state index is 11.7. The van der Waals surface area contributed by atoms with Gasteiger partial charge in [-0.3, -0.25) is 9.69 Å². The Morgan fingerprint density at radius 1 is 1.57 bits per heavy atom. The van der Waals surface area contributed by atoms with Crippen LogP contribution in [0.5, 0.6) is 0 Å². The van der Waals surface area contributed by atoms with E-state index in [1.807, 2.05) is 7.05 Å². The Morgan fingerprint density at radius 2 is 2.36 bits per heavy atom. The number of amides is 1. The van der Waals surface area contributed by atoms with Crippen LogP contribution < -0.4 is 10.6 Å². The largest absolute Gasteiger partial charge is 0.353 e. The second kappa shape index (κ2) is 4.28. The van der Waals surface area contributed by atoms with Crippen LogP contribution in [0.2, 0.25) is 0 Å². The molecule has 1 aliphatic carbocycles. The van der Waals surface area contributed by atoms with Gasteiger partial charge in [-0.2, -0.15) is 0 Å². The second-order valence-electron chi connectivity index (χ2n) is 4.17. The van der Waals surface area contributed by atoms with E-state index >= 15 is 0 Å². The fourth-order valence-corrected chi connectivity index (χ4v) is 2.15. The molecular weight excluding hydrogens is 178 g/mol. The first-order valence-electron chi connectivity index (χ1n) is 5.51. The second-order valence-corrected chi connectivity index (χ2v) is 4.17. The van der Waals surface area contributed by atoms with Crippen molar-refractivity contribution in [1.29, 1.82) is 0 Å². The van der Waals surface area contributed by atoms with Crippen LogP contribution in [0.3, 0.4) is 0 Å². The first-order valence-corrected chi connectivity index (χ1v) is 5.51. The fraction of sp³-hybridized carbons (Fsp3) is 0.900. The zero-order valence-corrected chi connectivity index (χ0v) is 8.75. The van der Waals surface area contributed by atoms with Gasteiger partial charge in [-0.25, -0.2) is 0 Å². The molecule has 4 nitrogen and oxygen atoms in total. The highest BCUT2D eigenvalue weighted by Gasteiger charge is 2.38. The number of carbonyl (C=O) groups excluding carboxylic acids is 1. The van der Waals surface area contributed by atoms with Gasteiger partial charge >= 0.3 is 0 Å². The third-order valence-electron chi connectivity index (χ3n) is 3.06. The summed E-state index contributed by atoms with van der Waals surface area (Å²) in [6.07, 6.45) is 3.49. The maximum atomic E-state index is 11.7. The Hall–Kier alpha value is -0.610. The van der Waals surface area contributed by atoms with E-state index < -0.39 is 0 Å². The lowest BCUT2D eigenvalue weighted by Gasteiger charge is -2.35. The van der Waals surface area contributed by atoms with E-state index in [2.05, 4.69) is 15.5 Å². The highest BCUT2D eigenvalue weighted by atomic mass is 16.2. The smallest absolute Gasteiger partial charge is 0.237 e. The summed E-state index contributed by atoms with van der Waals surface area (Å²) in [6.45, 7) is 2.78. The lowest BCUT2D eigenvalue weighted by molar-refractivity contribution is -0.129. The van der Waals surface area contributed by atoms with Gasteiger partial charge < -0.3 is 10.6 Å². The minimum Gasteiger partial charge on any atom is -0.353 e. The molecule has 4 heteroatoms. The van der Waals surface area contributed by atoms with Crippen LogP contribution in [0.15, 0.2) is 0 Å². The van der Waals surface area contributed by atoms with Gasteiger partial charge in [-0.05, 0) is 32.9 Å². The highest BCUT2D eigenvalue weighted by molar-refractivity contribution is 5.82. The van der Waals surface area contributed by atoms with Crippen LogP contribution in [-0.2, 0) is 4.79 Å². The topological polar surface area (TPSA) is 44.4 Å². The molecule has 0 aromatic rings. The van der Waals surface area contributed by atoms with Crippen LogP contribution in [-0.4, -0.2) is 49.6 Å². The molecule has 1 atom stereocenters. The van der Waals surface area contributed by atoms with Gasteiger partial charge in [0.2, 0.25) is 5.91 Å². The summed E-state index contributed by atoms with van der Waals surface area (Å²) >= 11 is 0. The van der Waals surface area contributed by atoms with Gasteiger partial charge in [-0.1, -0.05) is 0 Å². The number of nitrogens with one attached hydrogen (secondary N) is 2. The molecule has 1 saturated carbocycles. The molecule has 14 heavy (non-hydrogen) atoms. The summed E-state index contributed by atoms with van der Waals surface area (Å²) in [6, 6.07) is 0.812. The molecule has 1 saturated heterocycles. The standard InChI is InChI=1S/C10H19N3O/c1-11-5-4-9-10(14)12-6-7-13(9)8-2-3-8/h8-9,11H,2-7H2,1H3,(H,12,14). The van der Waals surface area contributed by atoms with Crippen LogP contribution in [0, 0.1) is 0 Å². The van der Waals surface area contributed by atoms with E-state index in [1.165, 1.54) is 12.8 Å². The number of carbonyl (C=O) groups is 1. The molecule has 1 unspecified atom stereocenters. The Labute approximate surface area is 85.0 Å². The van der Waals surface area contributed by atoms with E-state index in [4.69, 9.17) is 0 Å². The predicted octanol–water partition coefficient (Wildman–Crippen LogP) is -0.441. The lowest BCUT2D eigenvalue weighted by Crippen LogP contribution is -2.56. The number of hydrogen-bond donors (Lipinski definition) is 2. The molecule has 80 valence electrons. The molecule has 1 heterocycles. The van der Waals surface area contributed by atoms with Crippen molar-refractivity contribution in [3.63, 3.8) is 0 Å². The summed E-state index contributed by atoms with van der Waals surface area (Å²) in [5.41, 5.74) is 0. The van der Waals surface area contributed by atoms with Crippen molar-refractivity contribution < 1.29 is 4.79 Å². The summed E-state index contributed by atoms with van der Waals surface area (Å²) in [5, 5.41) is 6.05. The zero-order valence-electron chi connectivity index (χ0n) is 8.75. The van der Waals surface area contributed by atoms with Crippen molar-refractivity contribution in [2.75, 3.05) is 26.7 Å². The summed E-state index contributed by atoms with van der Waals surface area (Å²) < 4.78 is 0. The van der Waals surface area contributed by atoms with Crippen LogP contribution in [0.4, 0.5) is 0 Å². The molecule has 2 rings (SSSR count). The number of piperazine rings is 1. The van der Waals surface area contributed by atoms with Crippen molar-refractivity contribution in [3.8, 4) is 0 Å². The molecule has 2 fully saturated rings. The Morgan fingerprint density at radius 3 is 3.00 bits per heavy atom. The summed E-state index contributed by atoms with van der Waals surface area (Å²) in [5.74, 6) is 0.221. The van der Waals surface area contributed by atoms with Gasteiger partial charge in [-0.15, -0.1) is 0 Å². The molecule has 0 aromatic carbocycles. The Bertz CT molecular complexity index is 215. The van der Waals surface area contributed by atoms with Gasteiger partial charge in [0.05, 0.1) is 6.04 Å². The van der Waals surface area contributed by atoms with Crippen molar-refractivity contribution in [3.05, 3.63) is 0 Å². The highest BCUT2D eigenvalue weighted by Crippen LogP contribution is 2.30. The molecule has 0 spiro atoms. The molecule has 1 aliphatic heterocycles. The Kier molecular flexibility index (Phi) is 3.03. The Balaban J connectivity index is 1.93. The third kappa shape index (κ3) is 2.07. The van der Waals surface area contributed by atoms with Gasteiger partial charge in [0.25, 0.3) is 0 Å². The molecule has 2 aliphatic rings. The monoisotopic (exact) mass is 197 g/mol. The average molecular weight is 197 g/mol. The number of rotatable bonds is 4. The van der Waals surface area contributed by atoms with E-state index in [9.17, 15) is 4.79 Å². The maximum Gasteiger partial charge on any atom is 0.237 e. The van der Waals surface area contributed by atoms with E-state index in [-0.39, 0.29) is 11.9 Å².